The molecule has 0 bridgehead atoms. The highest BCUT2D eigenvalue weighted by Crippen LogP contribution is 2.13. The number of hydrogen-bond donors (Lipinski definition) is 1. The Morgan fingerprint density at radius 3 is 2.40 bits per heavy atom. The Labute approximate surface area is 129 Å². The fraction of sp³-hybridized carbons (Fsp3) is 0.533. The van der Waals surface area contributed by atoms with E-state index in [1.807, 2.05) is 19.1 Å². The number of benzene rings is 1. The van der Waals surface area contributed by atoms with E-state index in [1.165, 1.54) is 5.56 Å². The summed E-state index contributed by atoms with van der Waals surface area (Å²) in [5.74, 6) is -0.0168. The van der Waals surface area contributed by atoms with Crippen LogP contribution in [0.4, 0.5) is 5.69 Å². The standard InChI is InChI=1S/C15H22BrN3O/c1-12(16)15(20)17-14-5-3-13(4-6-14)11-19-9-7-18(2)8-10-19/h3-6,12H,7-11H2,1-2H3,(H,17,20). The predicted molar refractivity (Wildman–Crippen MR) is 86.2 cm³/mol. The fourth-order valence-corrected chi connectivity index (χ4v) is 2.31. The highest BCUT2D eigenvalue weighted by molar-refractivity contribution is 9.10. The van der Waals surface area contributed by atoms with Gasteiger partial charge >= 0.3 is 0 Å². The predicted octanol–water partition coefficient (Wildman–Crippen LogP) is 2.16. The molecule has 2 rings (SSSR count). The normalized spacial score (nSPS) is 18.8. The van der Waals surface area contributed by atoms with Gasteiger partial charge in [-0.2, -0.15) is 0 Å². The van der Waals surface area contributed by atoms with E-state index in [2.05, 4.69) is 50.2 Å². The van der Waals surface area contributed by atoms with E-state index in [1.54, 1.807) is 0 Å². The van der Waals surface area contributed by atoms with Crippen molar-refractivity contribution in [3.63, 3.8) is 0 Å². The lowest BCUT2D eigenvalue weighted by atomic mass is 10.1. The highest BCUT2D eigenvalue weighted by Gasteiger charge is 2.14. The summed E-state index contributed by atoms with van der Waals surface area (Å²) in [5.41, 5.74) is 2.14. The van der Waals surface area contributed by atoms with Gasteiger partial charge in [-0.15, -0.1) is 0 Å². The fourth-order valence-electron chi connectivity index (χ4n) is 2.20. The number of hydrogen-bond acceptors (Lipinski definition) is 3. The van der Waals surface area contributed by atoms with Crippen LogP contribution in [0.2, 0.25) is 0 Å². The van der Waals surface area contributed by atoms with E-state index in [0.29, 0.717) is 0 Å². The second kappa shape index (κ2) is 7.20. The quantitative estimate of drug-likeness (QED) is 0.854. The summed E-state index contributed by atoms with van der Waals surface area (Å²) >= 11 is 3.26. The number of carbonyl (C=O) groups is 1. The van der Waals surface area contributed by atoms with Crippen LogP contribution in [0.3, 0.4) is 0 Å². The van der Waals surface area contributed by atoms with Crippen LogP contribution >= 0.6 is 15.9 Å². The van der Waals surface area contributed by atoms with Crippen LogP contribution in [0.25, 0.3) is 0 Å². The lowest BCUT2D eigenvalue weighted by Crippen LogP contribution is -2.43. The highest BCUT2D eigenvalue weighted by atomic mass is 79.9. The van der Waals surface area contributed by atoms with Crippen LogP contribution in [0, 0.1) is 0 Å². The molecule has 1 amide bonds. The first-order chi connectivity index (χ1) is 9.54. The first-order valence-corrected chi connectivity index (χ1v) is 7.91. The number of halogens is 1. The molecule has 0 aliphatic carbocycles. The Hall–Kier alpha value is -0.910. The van der Waals surface area contributed by atoms with Crippen molar-refractivity contribution in [1.82, 2.24) is 9.80 Å². The maximum atomic E-state index is 11.6. The number of likely N-dealkylation sites (N-methyl/N-ethyl adjacent to an activating group) is 1. The summed E-state index contributed by atoms with van der Waals surface area (Å²) in [7, 11) is 2.17. The molecule has 5 heteroatoms. The van der Waals surface area contributed by atoms with Crippen molar-refractivity contribution in [2.24, 2.45) is 0 Å². The van der Waals surface area contributed by atoms with Gasteiger partial charge in [0.1, 0.15) is 0 Å². The lowest BCUT2D eigenvalue weighted by molar-refractivity contribution is -0.115. The summed E-state index contributed by atoms with van der Waals surface area (Å²) in [6.45, 7) is 7.31. The summed E-state index contributed by atoms with van der Waals surface area (Å²) < 4.78 is 0. The molecule has 1 aromatic rings. The molecular formula is C15H22BrN3O. The summed E-state index contributed by atoms with van der Waals surface area (Å²) in [5, 5.41) is 2.87. The third kappa shape index (κ3) is 4.58. The van der Waals surface area contributed by atoms with Crippen LogP contribution in [0.1, 0.15) is 12.5 Å². The molecule has 0 radical (unpaired) electrons. The number of rotatable bonds is 4. The van der Waals surface area contributed by atoms with E-state index in [0.717, 1.165) is 38.4 Å². The molecule has 1 atom stereocenters. The third-order valence-corrected chi connectivity index (χ3v) is 4.00. The Balaban J connectivity index is 1.87. The Bertz CT molecular complexity index is 439. The summed E-state index contributed by atoms with van der Waals surface area (Å²) in [6, 6.07) is 8.12. The van der Waals surface area contributed by atoms with Crippen LogP contribution in [-0.4, -0.2) is 53.8 Å². The smallest absolute Gasteiger partial charge is 0.237 e. The summed E-state index contributed by atoms with van der Waals surface area (Å²) in [6.07, 6.45) is 0. The summed E-state index contributed by atoms with van der Waals surface area (Å²) in [4.78, 5) is 16.2. The van der Waals surface area contributed by atoms with Crippen molar-refractivity contribution < 1.29 is 4.79 Å². The number of nitrogens with zero attached hydrogens (tertiary/aromatic N) is 2. The van der Waals surface area contributed by atoms with Gasteiger partial charge < -0.3 is 10.2 Å². The van der Waals surface area contributed by atoms with E-state index in [-0.39, 0.29) is 10.7 Å². The average molecular weight is 340 g/mol. The van der Waals surface area contributed by atoms with Gasteiger partial charge in [-0.1, -0.05) is 28.1 Å². The molecule has 0 spiro atoms. The van der Waals surface area contributed by atoms with Crippen LogP contribution in [-0.2, 0) is 11.3 Å². The van der Waals surface area contributed by atoms with Gasteiger partial charge in [0.15, 0.2) is 0 Å². The second-order valence-corrected chi connectivity index (χ2v) is 6.76. The van der Waals surface area contributed by atoms with Gasteiger partial charge in [0.25, 0.3) is 0 Å². The van der Waals surface area contributed by atoms with E-state index in [4.69, 9.17) is 0 Å². The maximum absolute atomic E-state index is 11.6. The SMILES string of the molecule is CC(Br)C(=O)Nc1ccc(CN2CCN(C)CC2)cc1. The van der Waals surface area contributed by atoms with Gasteiger partial charge in [0.2, 0.25) is 5.91 Å². The van der Waals surface area contributed by atoms with Crippen LogP contribution < -0.4 is 5.32 Å². The molecule has 1 aliphatic heterocycles. The number of amides is 1. The minimum absolute atomic E-state index is 0.0168. The largest absolute Gasteiger partial charge is 0.325 e. The van der Waals surface area contributed by atoms with Crippen LogP contribution in [0.15, 0.2) is 24.3 Å². The Kier molecular flexibility index (Phi) is 5.57. The molecule has 0 saturated carbocycles. The van der Waals surface area contributed by atoms with Crippen molar-refractivity contribution in [2.45, 2.75) is 18.3 Å². The first kappa shape index (κ1) is 15.5. The number of piperazine rings is 1. The molecule has 110 valence electrons. The molecule has 1 N–H and O–H groups in total. The molecule has 4 nitrogen and oxygen atoms in total. The molecule has 1 unspecified atom stereocenters. The minimum Gasteiger partial charge on any atom is -0.325 e. The zero-order chi connectivity index (χ0) is 14.5. The molecule has 0 aromatic heterocycles. The number of alkyl halides is 1. The van der Waals surface area contributed by atoms with Gasteiger partial charge in [0.05, 0.1) is 4.83 Å². The van der Waals surface area contributed by atoms with Crippen LogP contribution in [0.5, 0.6) is 0 Å². The van der Waals surface area contributed by atoms with E-state index >= 15 is 0 Å². The van der Waals surface area contributed by atoms with Gasteiger partial charge in [-0.25, -0.2) is 0 Å². The number of carbonyl (C=O) groups excluding carboxylic acids is 1. The molecule has 20 heavy (non-hydrogen) atoms. The zero-order valence-corrected chi connectivity index (χ0v) is 13.7. The van der Waals surface area contributed by atoms with Crippen molar-refractivity contribution >= 4 is 27.5 Å². The number of anilines is 1. The molecule has 1 heterocycles. The lowest BCUT2D eigenvalue weighted by Gasteiger charge is -2.32. The molecule has 1 aromatic carbocycles. The van der Waals surface area contributed by atoms with E-state index < -0.39 is 0 Å². The minimum atomic E-state index is -0.174. The van der Waals surface area contributed by atoms with Gasteiger partial charge in [-0.3, -0.25) is 9.69 Å². The zero-order valence-electron chi connectivity index (χ0n) is 12.1. The van der Waals surface area contributed by atoms with Crippen molar-refractivity contribution in [3.05, 3.63) is 29.8 Å². The Morgan fingerprint density at radius 2 is 1.85 bits per heavy atom. The van der Waals surface area contributed by atoms with Crippen molar-refractivity contribution in [1.29, 1.82) is 0 Å². The van der Waals surface area contributed by atoms with Gasteiger partial charge in [0, 0.05) is 38.4 Å². The number of nitrogens with one attached hydrogen (secondary N) is 1. The first-order valence-electron chi connectivity index (χ1n) is 6.99. The molecule has 1 fully saturated rings. The molecular weight excluding hydrogens is 318 g/mol. The topological polar surface area (TPSA) is 35.6 Å². The maximum Gasteiger partial charge on any atom is 0.237 e. The average Bonchev–Trinajstić information content (AvgIpc) is 2.43. The second-order valence-electron chi connectivity index (χ2n) is 5.38. The third-order valence-electron chi connectivity index (χ3n) is 3.58. The monoisotopic (exact) mass is 339 g/mol. The Morgan fingerprint density at radius 1 is 1.25 bits per heavy atom. The van der Waals surface area contributed by atoms with E-state index in [9.17, 15) is 4.79 Å². The van der Waals surface area contributed by atoms with Crippen molar-refractivity contribution in [3.8, 4) is 0 Å². The molecule has 1 aliphatic rings. The van der Waals surface area contributed by atoms with Crippen molar-refractivity contribution in [2.75, 3.05) is 38.5 Å². The van der Waals surface area contributed by atoms with Gasteiger partial charge in [-0.05, 0) is 31.7 Å². The molecule has 1 saturated heterocycles.